The predicted molar refractivity (Wildman–Crippen MR) is 55.2 cm³/mol. The molecule has 2 nitrogen and oxygen atoms in total. The Morgan fingerprint density at radius 2 is 1.92 bits per heavy atom. The molecule has 13 heavy (non-hydrogen) atoms. The van der Waals surface area contributed by atoms with Crippen molar-refractivity contribution >= 4 is 11.6 Å². The van der Waals surface area contributed by atoms with Crippen molar-refractivity contribution in [3.05, 3.63) is 29.3 Å². The molecule has 3 heteroatoms. The van der Waals surface area contributed by atoms with Crippen LogP contribution in [0.25, 0.3) is 0 Å². The van der Waals surface area contributed by atoms with Gasteiger partial charge in [-0.2, -0.15) is 0 Å². The first-order valence-electron chi connectivity index (χ1n) is 4.28. The summed E-state index contributed by atoms with van der Waals surface area (Å²) < 4.78 is 5.55. The van der Waals surface area contributed by atoms with Crippen LogP contribution < -0.4 is 10.5 Å². The molecule has 0 aliphatic heterocycles. The van der Waals surface area contributed by atoms with E-state index >= 15 is 0 Å². The van der Waals surface area contributed by atoms with Crippen molar-refractivity contribution in [2.75, 3.05) is 0 Å². The number of benzene rings is 1. The lowest BCUT2D eigenvalue weighted by atomic mass is 10.2. The van der Waals surface area contributed by atoms with Crippen LogP contribution in [0.2, 0.25) is 5.02 Å². The highest BCUT2D eigenvalue weighted by molar-refractivity contribution is 6.32. The molecule has 2 atom stereocenters. The highest BCUT2D eigenvalue weighted by Gasteiger charge is 2.10. The molecule has 0 saturated heterocycles. The Bertz CT molecular complexity index is 275. The van der Waals surface area contributed by atoms with E-state index in [9.17, 15) is 0 Å². The summed E-state index contributed by atoms with van der Waals surface area (Å²) >= 11 is 5.91. The average Bonchev–Trinajstić information content (AvgIpc) is 2.08. The van der Waals surface area contributed by atoms with Gasteiger partial charge in [-0.3, -0.25) is 0 Å². The Labute approximate surface area is 83.6 Å². The van der Waals surface area contributed by atoms with Crippen molar-refractivity contribution in [1.82, 2.24) is 0 Å². The second-order valence-corrected chi connectivity index (χ2v) is 3.52. The van der Waals surface area contributed by atoms with Crippen molar-refractivity contribution < 1.29 is 4.74 Å². The zero-order valence-corrected chi connectivity index (χ0v) is 8.58. The third-order valence-corrected chi connectivity index (χ3v) is 2.20. The summed E-state index contributed by atoms with van der Waals surface area (Å²) in [5, 5.41) is 0.620. The van der Waals surface area contributed by atoms with Gasteiger partial charge in [0.25, 0.3) is 0 Å². The minimum absolute atomic E-state index is 0.00345. The van der Waals surface area contributed by atoms with Gasteiger partial charge < -0.3 is 10.5 Å². The second kappa shape index (κ2) is 4.49. The van der Waals surface area contributed by atoms with Crippen LogP contribution in [0, 0.1) is 0 Å². The van der Waals surface area contributed by atoms with Gasteiger partial charge in [0.2, 0.25) is 0 Å². The molecule has 1 rings (SSSR count). The number of rotatable bonds is 3. The van der Waals surface area contributed by atoms with Crippen LogP contribution >= 0.6 is 11.6 Å². The molecule has 0 aliphatic rings. The molecule has 1 aromatic carbocycles. The van der Waals surface area contributed by atoms with E-state index in [1.54, 1.807) is 6.07 Å². The fourth-order valence-corrected chi connectivity index (χ4v) is 1.03. The molecule has 0 aromatic heterocycles. The van der Waals surface area contributed by atoms with Gasteiger partial charge in [-0.15, -0.1) is 0 Å². The lowest BCUT2D eigenvalue weighted by Crippen LogP contribution is -2.33. The summed E-state index contributed by atoms with van der Waals surface area (Å²) in [5.74, 6) is 0.689. The highest BCUT2D eigenvalue weighted by atomic mass is 35.5. The summed E-state index contributed by atoms with van der Waals surface area (Å²) in [4.78, 5) is 0. The lowest BCUT2D eigenvalue weighted by molar-refractivity contribution is 0.197. The monoisotopic (exact) mass is 199 g/mol. The van der Waals surface area contributed by atoms with Gasteiger partial charge in [0.05, 0.1) is 5.02 Å². The van der Waals surface area contributed by atoms with Crippen LogP contribution in [0.1, 0.15) is 13.8 Å². The van der Waals surface area contributed by atoms with Gasteiger partial charge >= 0.3 is 0 Å². The quantitative estimate of drug-likeness (QED) is 0.812. The smallest absolute Gasteiger partial charge is 0.138 e. The molecule has 0 radical (unpaired) electrons. The van der Waals surface area contributed by atoms with Gasteiger partial charge in [0.15, 0.2) is 0 Å². The molecule has 72 valence electrons. The molecule has 0 bridgehead atoms. The number of hydrogen-bond acceptors (Lipinski definition) is 2. The zero-order valence-electron chi connectivity index (χ0n) is 7.83. The fourth-order valence-electron chi connectivity index (χ4n) is 0.848. The number of hydrogen-bond donors (Lipinski definition) is 1. The van der Waals surface area contributed by atoms with E-state index in [1.165, 1.54) is 0 Å². The topological polar surface area (TPSA) is 35.2 Å². The maximum Gasteiger partial charge on any atom is 0.138 e. The predicted octanol–water partition coefficient (Wildman–Crippen LogP) is 2.45. The minimum Gasteiger partial charge on any atom is -0.488 e. The summed E-state index contributed by atoms with van der Waals surface area (Å²) in [6.07, 6.45) is -0.0279. The van der Waals surface area contributed by atoms with Gasteiger partial charge in [-0.05, 0) is 26.0 Å². The van der Waals surface area contributed by atoms with Gasteiger partial charge in [0.1, 0.15) is 11.9 Å². The molecule has 1 aromatic rings. The van der Waals surface area contributed by atoms with Crippen molar-refractivity contribution in [2.24, 2.45) is 5.73 Å². The van der Waals surface area contributed by atoms with Crippen molar-refractivity contribution in [3.8, 4) is 5.75 Å². The standard InChI is InChI=1S/C10H14ClNO/c1-7(12)8(2)13-10-6-4-3-5-9(10)11/h3-8H,12H2,1-2H3. The summed E-state index contributed by atoms with van der Waals surface area (Å²) in [5.41, 5.74) is 5.67. The van der Waals surface area contributed by atoms with Crippen LogP contribution in [0.5, 0.6) is 5.75 Å². The highest BCUT2D eigenvalue weighted by Crippen LogP contribution is 2.24. The fraction of sp³-hybridized carbons (Fsp3) is 0.400. The zero-order chi connectivity index (χ0) is 9.84. The van der Waals surface area contributed by atoms with Gasteiger partial charge in [0, 0.05) is 6.04 Å². The molecule has 2 N–H and O–H groups in total. The molecule has 0 saturated carbocycles. The normalized spacial score (nSPS) is 15.1. The number of nitrogens with two attached hydrogens (primary N) is 1. The molecule has 0 spiro atoms. The largest absolute Gasteiger partial charge is 0.488 e. The van der Waals surface area contributed by atoms with Crippen LogP contribution in [0.4, 0.5) is 0 Å². The first-order chi connectivity index (χ1) is 6.11. The lowest BCUT2D eigenvalue weighted by Gasteiger charge is -2.18. The maximum atomic E-state index is 5.91. The molecule has 0 fully saturated rings. The Hall–Kier alpha value is -0.730. The van der Waals surface area contributed by atoms with Crippen LogP contribution in [0.3, 0.4) is 0 Å². The van der Waals surface area contributed by atoms with Crippen LogP contribution in [0.15, 0.2) is 24.3 Å². The molecule has 0 amide bonds. The Morgan fingerprint density at radius 1 is 1.31 bits per heavy atom. The first kappa shape index (κ1) is 10.4. The van der Waals surface area contributed by atoms with E-state index in [2.05, 4.69) is 0 Å². The third kappa shape index (κ3) is 2.90. The Balaban J connectivity index is 2.69. The van der Waals surface area contributed by atoms with Gasteiger partial charge in [-0.25, -0.2) is 0 Å². The molecule has 2 unspecified atom stereocenters. The average molecular weight is 200 g/mol. The maximum absolute atomic E-state index is 5.91. The van der Waals surface area contributed by atoms with Crippen molar-refractivity contribution in [3.63, 3.8) is 0 Å². The minimum atomic E-state index is -0.0279. The van der Waals surface area contributed by atoms with E-state index < -0.39 is 0 Å². The first-order valence-corrected chi connectivity index (χ1v) is 4.66. The van der Waals surface area contributed by atoms with Crippen molar-refractivity contribution in [2.45, 2.75) is 26.0 Å². The van der Waals surface area contributed by atoms with Gasteiger partial charge in [-0.1, -0.05) is 23.7 Å². The SMILES string of the molecule is CC(N)C(C)Oc1ccccc1Cl. The summed E-state index contributed by atoms with van der Waals surface area (Å²) in [7, 11) is 0. The number of para-hydroxylation sites is 1. The summed E-state index contributed by atoms with van der Waals surface area (Å²) in [6, 6.07) is 7.38. The molecular formula is C10H14ClNO. The Kier molecular flexibility index (Phi) is 3.58. The van der Waals surface area contributed by atoms with Crippen LogP contribution in [-0.4, -0.2) is 12.1 Å². The van der Waals surface area contributed by atoms with E-state index in [0.717, 1.165) is 0 Å². The van der Waals surface area contributed by atoms with E-state index in [0.29, 0.717) is 10.8 Å². The third-order valence-electron chi connectivity index (χ3n) is 1.89. The Morgan fingerprint density at radius 3 is 2.46 bits per heavy atom. The molecular weight excluding hydrogens is 186 g/mol. The molecule has 0 aliphatic carbocycles. The number of halogens is 1. The summed E-state index contributed by atoms with van der Waals surface area (Å²) in [6.45, 7) is 3.83. The van der Waals surface area contributed by atoms with E-state index in [1.807, 2.05) is 32.0 Å². The van der Waals surface area contributed by atoms with Crippen LogP contribution in [-0.2, 0) is 0 Å². The molecule has 0 heterocycles. The van der Waals surface area contributed by atoms with E-state index in [4.69, 9.17) is 22.1 Å². The number of ether oxygens (including phenoxy) is 1. The van der Waals surface area contributed by atoms with Crippen molar-refractivity contribution in [1.29, 1.82) is 0 Å². The second-order valence-electron chi connectivity index (χ2n) is 3.11. The van der Waals surface area contributed by atoms with E-state index in [-0.39, 0.29) is 12.1 Å².